The van der Waals surface area contributed by atoms with Gasteiger partial charge in [-0.15, -0.1) is 0 Å². The molecule has 0 saturated heterocycles. The van der Waals surface area contributed by atoms with Crippen molar-refractivity contribution >= 4 is 23.7 Å². The number of hydrogen-bond donors (Lipinski definition) is 2. The van der Waals surface area contributed by atoms with Gasteiger partial charge in [-0.25, -0.2) is 5.43 Å². The number of ether oxygens (including phenoxy) is 2. The summed E-state index contributed by atoms with van der Waals surface area (Å²) >= 11 is 0. The molecule has 0 unspecified atom stereocenters. The topological polar surface area (TPSA) is 92.3 Å². The van der Waals surface area contributed by atoms with E-state index in [1.165, 1.54) is 11.1 Å². The molecule has 2 rings (SSSR count). The Morgan fingerprint density at radius 3 is 2.52 bits per heavy atom. The predicted octanol–water partition coefficient (Wildman–Crippen LogP) is 2.11. The summed E-state index contributed by atoms with van der Waals surface area (Å²) in [5, 5.41) is 6.96. The number of benzene rings is 2. The average Bonchev–Trinajstić information content (AvgIpc) is 2.72. The van der Waals surface area contributed by atoms with Crippen molar-refractivity contribution < 1.29 is 19.1 Å². The van der Waals surface area contributed by atoms with Crippen molar-refractivity contribution in [2.45, 2.75) is 6.92 Å². The maximum absolute atomic E-state index is 11.9. The van der Waals surface area contributed by atoms with Gasteiger partial charge in [-0.3, -0.25) is 9.59 Å². The summed E-state index contributed by atoms with van der Waals surface area (Å²) < 4.78 is 11.1. The van der Waals surface area contributed by atoms with Gasteiger partial charge in [0.05, 0.1) is 19.4 Å². The molecule has 0 atom stereocenters. The molecule has 0 aliphatic heterocycles. The van der Waals surface area contributed by atoms with Crippen molar-refractivity contribution in [2.75, 3.05) is 39.2 Å². The Hall–Kier alpha value is -3.55. The lowest BCUT2D eigenvalue weighted by Crippen LogP contribution is -2.27. The van der Waals surface area contributed by atoms with Crippen molar-refractivity contribution in [1.82, 2.24) is 10.3 Å². The highest BCUT2D eigenvalue weighted by Gasteiger charge is 2.10. The molecule has 0 aromatic heterocycles. The van der Waals surface area contributed by atoms with Crippen LogP contribution < -0.4 is 20.2 Å². The standard InChI is InChI=1S/C21H26N4O4/c1-4-28-19-12-16(10-11-18(19)29-15-21(27)25(2)3)13-23-24-20(26)14-22-17-8-6-5-7-9-17/h5-13,22H,4,14-15H2,1-3H3,(H,24,26). The van der Waals surface area contributed by atoms with Crippen LogP contribution in [0.4, 0.5) is 5.69 Å². The number of hydrogen-bond acceptors (Lipinski definition) is 6. The lowest BCUT2D eigenvalue weighted by Gasteiger charge is -2.14. The average molecular weight is 398 g/mol. The first-order chi connectivity index (χ1) is 14.0. The summed E-state index contributed by atoms with van der Waals surface area (Å²) in [6, 6.07) is 14.6. The number of amides is 2. The molecule has 0 radical (unpaired) electrons. The molecule has 8 nitrogen and oxygen atoms in total. The Morgan fingerprint density at radius 2 is 1.83 bits per heavy atom. The first kappa shape index (κ1) is 21.7. The van der Waals surface area contributed by atoms with E-state index in [0.29, 0.717) is 18.1 Å². The highest BCUT2D eigenvalue weighted by atomic mass is 16.5. The van der Waals surface area contributed by atoms with E-state index in [1.807, 2.05) is 37.3 Å². The molecule has 2 aromatic rings. The number of nitrogens with zero attached hydrogens (tertiary/aromatic N) is 2. The second-order valence-corrected chi connectivity index (χ2v) is 6.23. The highest BCUT2D eigenvalue weighted by molar-refractivity contribution is 5.85. The van der Waals surface area contributed by atoms with Gasteiger partial charge in [0, 0.05) is 19.8 Å². The van der Waals surface area contributed by atoms with Crippen LogP contribution in [0, 0.1) is 0 Å². The zero-order chi connectivity index (χ0) is 21.1. The molecule has 0 heterocycles. The Bertz CT molecular complexity index is 838. The molecular weight excluding hydrogens is 372 g/mol. The minimum Gasteiger partial charge on any atom is -0.490 e. The third-order valence-corrected chi connectivity index (χ3v) is 3.75. The smallest absolute Gasteiger partial charge is 0.259 e. The lowest BCUT2D eigenvalue weighted by molar-refractivity contribution is -0.130. The monoisotopic (exact) mass is 398 g/mol. The largest absolute Gasteiger partial charge is 0.490 e. The molecule has 2 aromatic carbocycles. The van der Waals surface area contributed by atoms with Gasteiger partial charge in [-0.1, -0.05) is 18.2 Å². The van der Waals surface area contributed by atoms with E-state index in [0.717, 1.165) is 11.3 Å². The second-order valence-electron chi connectivity index (χ2n) is 6.23. The minimum absolute atomic E-state index is 0.0784. The normalized spacial score (nSPS) is 10.4. The van der Waals surface area contributed by atoms with Gasteiger partial charge < -0.3 is 19.7 Å². The van der Waals surface area contributed by atoms with Crippen molar-refractivity contribution in [3.63, 3.8) is 0 Å². The van der Waals surface area contributed by atoms with E-state index in [1.54, 1.807) is 32.3 Å². The number of carbonyl (C=O) groups is 2. The quantitative estimate of drug-likeness (QED) is 0.472. The van der Waals surface area contributed by atoms with E-state index < -0.39 is 0 Å². The molecule has 0 fully saturated rings. The van der Waals surface area contributed by atoms with Crippen molar-refractivity contribution in [3.8, 4) is 11.5 Å². The Balaban J connectivity index is 1.91. The van der Waals surface area contributed by atoms with Crippen LogP contribution in [0.25, 0.3) is 0 Å². The number of likely N-dealkylation sites (N-methyl/N-ethyl adjacent to an activating group) is 1. The van der Waals surface area contributed by atoms with Crippen LogP contribution in [0.3, 0.4) is 0 Å². The van der Waals surface area contributed by atoms with Gasteiger partial charge in [0.25, 0.3) is 11.8 Å². The molecule has 29 heavy (non-hydrogen) atoms. The fourth-order valence-corrected chi connectivity index (χ4v) is 2.22. The summed E-state index contributed by atoms with van der Waals surface area (Å²) in [4.78, 5) is 25.0. The summed E-state index contributed by atoms with van der Waals surface area (Å²) in [7, 11) is 3.33. The number of para-hydroxylation sites is 1. The number of carbonyl (C=O) groups excluding carboxylic acids is 2. The van der Waals surface area contributed by atoms with Crippen LogP contribution >= 0.6 is 0 Å². The van der Waals surface area contributed by atoms with Crippen LogP contribution in [0.2, 0.25) is 0 Å². The first-order valence-corrected chi connectivity index (χ1v) is 9.20. The molecule has 8 heteroatoms. The van der Waals surface area contributed by atoms with Gasteiger partial charge >= 0.3 is 0 Å². The van der Waals surface area contributed by atoms with Gasteiger partial charge in [0.1, 0.15) is 0 Å². The van der Waals surface area contributed by atoms with Crippen molar-refractivity contribution in [2.24, 2.45) is 5.10 Å². The number of anilines is 1. The van der Waals surface area contributed by atoms with E-state index in [9.17, 15) is 9.59 Å². The molecular formula is C21H26N4O4. The molecule has 0 spiro atoms. The Kier molecular flexibility index (Phi) is 8.50. The third-order valence-electron chi connectivity index (χ3n) is 3.75. The van der Waals surface area contributed by atoms with Crippen LogP contribution in [0.1, 0.15) is 12.5 Å². The second kappa shape index (κ2) is 11.3. The van der Waals surface area contributed by atoms with Gasteiger partial charge in [-0.05, 0) is 42.8 Å². The van der Waals surface area contributed by atoms with E-state index in [4.69, 9.17) is 9.47 Å². The number of rotatable bonds is 10. The van der Waals surface area contributed by atoms with Gasteiger partial charge in [0.15, 0.2) is 18.1 Å². The molecule has 2 amide bonds. The van der Waals surface area contributed by atoms with Crippen LogP contribution in [0.5, 0.6) is 11.5 Å². The van der Waals surface area contributed by atoms with Gasteiger partial charge in [0.2, 0.25) is 0 Å². The summed E-state index contributed by atoms with van der Waals surface area (Å²) in [6.07, 6.45) is 1.51. The molecule has 154 valence electrons. The SMILES string of the molecule is CCOc1cc(C=NNC(=O)CNc2ccccc2)ccc1OCC(=O)N(C)C. The maximum Gasteiger partial charge on any atom is 0.259 e. The highest BCUT2D eigenvalue weighted by Crippen LogP contribution is 2.28. The fraction of sp³-hybridized carbons (Fsp3) is 0.286. The lowest BCUT2D eigenvalue weighted by atomic mass is 10.2. The fourth-order valence-electron chi connectivity index (χ4n) is 2.22. The molecule has 0 saturated carbocycles. The number of nitrogens with one attached hydrogen (secondary N) is 2. The molecule has 0 aliphatic rings. The van der Waals surface area contributed by atoms with E-state index in [-0.39, 0.29) is 25.0 Å². The third kappa shape index (κ3) is 7.53. The zero-order valence-electron chi connectivity index (χ0n) is 16.8. The van der Waals surface area contributed by atoms with Gasteiger partial charge in [-0.2, -0.15) is 5.10 Å². The molecule has 0 aliphatic carbocycles. The predicted molar refractivity (Wildman–Crippen MR) is 112 cm³/mol. The Labute approximate surface area is 170 Å². The molecule has 0 bridgehead atoms. The maximum atomic E-state index is 11.9. The van der Waals surface area contributed by atoms with E-state index in [2.05, 4.69) is 15.8 Å². The molecule has 2 N–H and O–H groups in total. The number of hydrazone groups is 1. The summed E-state index contributed by atoms with van der Waals surface area (Å²) in [5.41, 5.74) is 4.04. The van der Waals surface area contributed by atoms with Crippen molar-refractivity contribution in [1.29, 1.82) is 0 Å². The zero-order valence-corrected chi connectivity index (χ0v) is 16.8. The van der Waals surface area contributed by atoms with E-state index >= 15 is 0 Å². The van der Waals surface area contributed by atoms with Crippen LogP contribution in [0.15, 0.2) is 53.6 Å². The van der Waals surface area contributed by atoms with Crippen LogP contribution in [-0.4, -0.2) is 56.8 Å². The first-order valence-electron chi connectivity index (χ1n) is 9.20. The summed E-state index contributed by atoms with van der Waals surface area (Å²) in [5.74, 6) is 0.553. The summed E-state index contributed by atoms with van der Waals surface area (Å²) in [6.45, 7) is 2.33. The minimum atomic E-state index is -0.266. The van der Waals surface area contributed by atoms with Crippen LogP contribution in [-0.2, 0) is 9.59 Å². The Morgan fingerprint density at radius 1 is 1.07 bits per heavy atom. The van der Waals surface area contributed by atoms with Crippen molar-refractivity contribution in [3.05, 3.63) is 54.1 Å².